The molecule has 1 aromatic heterocycles. The van der Waals surface area contributed by atoms with Gasteiger partial charge in [0.05, 0.1) is 18.4 Å². The van der Waals surface area contributed by atoms with Crippen LogP contribution in [0.5, 0.6) is 0 Å². The largest absolute Gasteiger partial charge is 0.375 e. The Balaban J connectivity index is 1.71. The molecule has 23 heavy (non-hydrogen) atoms. The maximum Gasteiger partial charge on any atom is 0.274 e. The van der Waals surface area contributed by atoms with E-state index in [0.717, 1.165) is 30.5 Å². The van der Waals surface area contributed by atoms with E-state index in [1.807, 2.05) is 46.8 Å². The summed E-state index contributed by atoms with van der Waals surface area (Å²) in [5, 5.41) is 4.69. The molecule has 0 spiro atoms. The number of amides is 1. The highest BCUT2D eigenvalue weighted by Gasteiger charge is 2.31. The van der Waals surface area contributed by atoms with Crippen molar-refractivity contribution in [3.8, 4) is 5.69 Å². The third-order valence-corrected chi connectivity index (χ3v) is 4.66. The first-order chi connectivity index (χ1) is 11.2. The Labute approximate surface area is 135 Å². The van der Waals surface area contributed by atoms with Gasteiger partial charge in [0.15, 0.2) is 5.69 Å². The van der Waals surface area contributed by atoms with Crippen molar-refractivity contribution in [2.75, 3.05) is 19.7 Å². The number of hydrogen-bond acceptors (Lipinski definition) is 3. The summed E-state index contributed by atoms with van der Waals surface area (Å²) in [5.41, 5.74) is 3.99. The van der Waals surface area contributed by atoms with Crippen molar-refractivity contribution < 1.29 is 9.53 Å². The van der Waals surface area contributed by atoms with Gasteiger partial charge in [0.1, 0.15) is 0 Å². The zero-order valence-electron chi connectivity index (χ0n) is 13.4. The lowest BCUT2D eigenvalue weighted by atomic mass is 10.1. The zero-order chi connectivity index (χ0) is 15.8. The molecule has 2 heterocycles. The molecular formula is C18H21N3O2. The predicted octanol–water partition coefficient (Wildman–Crippen LogP) is 2.22. The van der Waals surface area contributed by atoms with E-state index in [9.17, 15) is 4.79 Å². The van der Waals surface area contributed by atoms with Crippen molar-refractivity contribution >= 4 is 5.91 Å². The number of carbonyl (C=O) groups excluding carboxylic acids is 1. The molecule has 5 nitrogen and oxygen atoms in total. The molecule has 0 radical (unpaired) electrons. The Morgan fingerprint density at radius 3 is 2.87 bits per heavy atom. The third kappa shape index (κ3) is 2.55. The van der Waals surface area contributed by atoms with Crippen molar-refractivity contribution in [2.24, 2.45) is 0 Å². The first-order valence-electron chi connectivity index (χ1n) is 8.31. The SMILES string of the molecule is C[C@H]1CN(C(=O)c2nn(-c3ccccc3)c3c2CCC3)CCO1. The Morgan fingerprint density at radius 2 is 2.09 bits per heavy atom. The number of rotatable bonds is 2. The van der Waals surface area contributed by atoms with Crippen LogP contribution in [0.15, 0.2) is 30.3 Å². The molecule has 0 N–H and O–H groups in total. The fraction of sp³-hybridized carbons (Fsp3) is 0.444. The monoisotopic (exact) mass is 311 g/mol. The van der Waals surface area contributed by atoms with Crippen molar-refractivity contribution in [2.45, 2.75) is 32.3 Å². The standard InChI is InChI=1S/C18H21N3O2/c1-13-12-20(10-11-23-13)18(22)17-15-8-5-9-16(15)21(19-17)14-6-3-2-4-7-14/h2-4,6-7,13H,5,8-12H2,1H3/t13-/m0/s1. The highest BCUT2D eigenvalue weighted by Crippen LogP contribution is 2.28. The lowest BCUT2D eigenvalue weighted by Crippen LogP contribution is -2.44. The molecule has 1 aliphatic heterocycles. The Morgan fingerprint density at radius 1 is 1.26 bits per heavy atom. The van der Waals surface area contributed by atoms with E-state index in [1.54, 1.807) is 0 Å². The van der Waals surface area contributed by atoms with Crippen LogP contribution in [0.1, 0.15) is 35.1 Å². The number of carbonyl (C=O) groups is 1. The molecule has 1 aliphatic carbocycles. The topological polar surface area (TPSA) is 47.4 Å². The fourth-order valence-electron chi connectivity index (χ4n) is 3.54. The molecule has 1 saturated heterocycles. The molecule has 2 aliphatic rings. The van der Waals surface area contributed by atoms with E-state index < -0.39 is 0 Å². The smallest absolute Gasteiger partial charge is 0.274 e. The van der Waals surface area contributed by atoms with E-state index in [0.29, 0.717) is 25.4 Å². The predicted molar refractivity (Wildman–Crippen MR) is 86.9 cm³/mol. The van der Waals surface area contributed by atoms with Crippen LogP contribution in [0.3, 0.4) is 0 Å². The van der Waals surface area contributed by atoms with Crippen molar-refractivity contribution in [3.05, 3.63) is 47.3 Å². The second-order valence-electron chi connectivity index (χ2n) is 6.31. The van der Waals surface area contributed by atoms with Gasteiger partial charge < -0.3 is 9.64 Å². The quantitative estimate of drug-likeness (QED) is 0.854. The lowest BCUT2D eigenvalue weighted by Gasteiger charge is -2.30. The summed E-state index contributed by atoms with van der Waals surface area (Å²) >= 11 is 0. The van der Waals surface area contributed by atoms with Gasteiger partial charge in [-0.3, -0.25) is 4.79 Å². The maximum atomic E-state index is 12.9. The minimum atomic E-state index is 0.0491. The van der Waals surface area contributed by atoms with E-state index >= 15 is 0 Å². The number of aromatic nitrogens is 2. The molecule has 1 aromatic carbocycles. The normalized spacial score (nSPS) is 20.6. The summed E-state index contributed by atoms with van der Waals surface area (Å²) in [5.74, 6) is 0.0491. The minimum absolute atomic E-state index is 0.0491. The number of nitrogens with zero attached hydrogens (tertiary/aromatic N) is 3. The minimum Gasteiger partial charge on any atom is -0.375 e. The number of ether oxygens (including phenoxy) is 1. The Bertz CT molecular complexity index is 723. The number of morpholine rings is 1. The van der Waals surface area contributed by atoms with Gasteiger partial charge in [-0.25, -0.2) is 4.68 Å². The summed E-state index contributed by atoms with van der Waals surface area (Å²) in [6.07, 6.45) is 3.13. The average Bonchev–Trinajstić information content (AvgIpc) is 3.17. The Kier molecular flexibility index (Phi) is 3.65. The summed E-state index contributed by atoms with van der Waals surface area (Å²) < 4.78 is 7.50. The van der Waals surface area contributed by atoms with Crippen molar-refractivity contribution in [1.29, 1.82) is 0 Å². The summed E-state index contributed by atoms with van der Waals surface area (Å²) in [4.78, 5) is 14.8. The van der Waals surface area contributed by atoms with Gasteiger partial charge in [-0.2, -0.15) is 5.10 Å². The van der Waals surface area contributed by atoms with Crippen LogP contribution in [-0.2, 0) is 17.6 Å². The van der Waals surface area contributed by atoms with E-state index in [2.05, 4.69) is 5.10 Å². The molecular weight excluding hydrogens is 290 g/mol. The maximum absolute atomic E-state index is 12.9. The summed E-state index contributed by atoms with van der Waals surface area (Å²) in [6, 6.07) is 10.1. The molecule has 2 aromatic rings. The summed E-state index contributed by atoms with van der Waals surface area (Å²) in [7, 11) is 0. The van der Waals surface area contributed by atoms with Gasteiger partial charge in [0, 0.05) is 24.3 Å². The average molecular weight is 311 g/mol. The van der Waals surface area contributed by atoms with Crippen molar-refractivity contribution in [1.82, 2.24) is 14.7 Å². The molecule has 0 saturated carbocycles. The molecule has 1 amide bonds. The molecule has 120 valence electrons. The van der Waals surface area contributed by atoms with E-state index in [4.69, 9.17) is 4.74 Å². The van der Waals surface area contributed by atoms with Crippen LogP contribution in [-0.4, -0.2) is 46.4 Å². The summed E-state index contributed by atoms with van der Waals surface area (Å²) in [6.45, 7) is 3.91. The van der Waals surface area contributed by atoms with Crippen LogP contribution in [0, 0.1) is 0 Å². The highest BCUT2D eigenvalue weighted by molar-refractivity contribution is 5.94. The van der Waals surface area contributed by atoms with Crippen LogP contribution in [0.2, 0.25) is 0 Å². The van der Waals surface area contributed by atoms with Crippen LogP contribution < -0.4 is 0 Å². The lowest BCUT2D eigenvalue weighted by molar-refractivity contribution is -0.0126. The molecule has 0 bridgehead atoms. The van der Waals surface area contributed by atoms with Gasteiger partial charge in [-0.05, 0) is 38.3 Å². The van der Waals surface area contributed by atoms with Crippen LogP contribution >= 0.6 is 0 Å². The second-order valence-corrected chi connectivity index (χ2v) is 6.31. The van der Waals surface area contributed by atoms with Gasteiger partial charge in [-0.1, -0.05) is 18.2 Å². The molecule has 1 fully saturated rings. The third-order valence-electron chi connectivity index (χ3n) is 4.66. The molecule has 0 unspecified atom stereocenters. The van der Waals surface area contributed by atoms with Gasteiger partial charge >= 0.3 is 0 Å². The van der Waals surface area contributed by atoms with Gasteiger partial charge in [-0.15, -0.1) is 0 Å². The van der Waals surface area contributed by atoms with Crippen LogP contribution in [0.4, 0.5) is 0 Å². The zero-order valence-corrected chi connectivity index (χ0v) is 13.4. The van der Waals surface area contributed by atoms with Crippen LogP contribution in [0.25, 0.3) is 5.69 Å². The highest BCUT2D eigenvalue weighted by atomic mass is 16.5. The molecule has 4 rings (SSSR count). The molecule has 1 atom stereocenters. The first kappa shape index (κ1) is 14.5. The van der Waals surface area contributed by atoms with Gasteiger partial charge in [0.25, 0.3) is 5.91 Å². The number of benzene rings is 1. The van der Waals surface area contributed by atoms with E-state index in [-0.39, 0.29) is 12.0 Å². The second kappa shape index (κ2) is 5.81. The first-order valence-corrected chi connectivity index (χ1v) is 8.31. The van der Waals surface area contributed by atoms with Gasteiger partial charge in [0.2, 0.25) is 0 Å². The van der Waals surface area contributed by atoms with E-state index in [1.165, 1.54) is 5.69 Å². The Hall–Kier alpha value is -2.14. The molecule has 5 heteroatoms. The number of hydrogen-bond donors (Lipinski definition) is 0. The number of fused-ring (bicyclic) bond motifs is 1. The fourth-order valence-corrected chi connectivity index (χ4v) is 3.54. The van der Waals surface area contributed by atoms with Crippen molar-refractivity contribution in [3.63, 3.8) is 0 Å². The number of para-hydroxylation sites is 1.